The van der Waals surface area contributed by atoms with Gasteiger partial charge in [-0.05, 0) is 6.42 Å². The first-order valence-corrected chi connectivity index (χ1v) is 7.43. The highest BCUT2D eigenvalue weighted by Crippen LogP contribution is 2.09. The Morgan fingerprint density at radius 3 is 2.27 bits per heavy atom. The molecule has 0 aromatic carbocycles. The predicted octanol–water partition coefficient (Wildman–Crippen LogP) is 0.821. The van der Waals surface area contributed by atoms with Gasteiger partial charge in [0.25, 0.3) is 0 Å². The lowest BCUT2D eigenvalue weighted by atomic mass is 10.0. The molecule has 0 fully saturated rings. The molecule has 3 N–H and O–H groups in total. The number of carboxylic acids is 2. The van der Waals surface area contributed by atoms with Gasteiger partial charge in [-0.1, -0.05) is 6.92 Å². The van der Waals surface area contributed by atoms with Crippen LogP contribution >= 0.6 is 11.9 Å². The van der Waals surface area contributed by atoms with E-state index in [-0.39, 0.29) is 31.4 Å². The Labute approximate surface area is 130 Å². The first kappa shape index (κ1) is 20.0. The second-order valence-corrected chi connectivity index (χ2v) is 5.37. The van der Waals surface area contributed by atoms with Crippen LogP contribution in [-0.2, 0) is 19.2 Å². The molecule has 0 aromatic rings. The number of carbonyl (C=O) groups is 4. The zero-order valence-electron chi connectivity index (χ0n) is 12.0. The SMILES string of the molecule is CC(CCC(=O)NC(CSN=O)C(=O)CCC(=O)O)C(=O)O. The Bertz CT molecular complexity index is 441. The summed E-state index contributed by atoms with van der Waals surface area (Å²) in [6.07, 6.45) is -0.628. The van der Waals surface area contributed by atoms with E-state index in [0.717, 1.165) is 0 Å². The summed E-state index contributed by atoms with van der Waals surface area (Å²) in [4.78, 5) is 54.7. The third-order valence-corrected chi connectivity index (χ3v) is 3.42. The van der Waals surface area contributed by atoms with Crippen LogP contribution in [0.2, 0.25) is 0 Å². The maximum atomic E-state index is 11.8. The molecule has 9 nitrogen and oxygen atoms in total. The monoisotopic (exact) mass is 334 g/mol. The van der Waals surface area contributed by atoms with Crippen LogP contribution in [0.25, 0.3) is 0 Å². The Hall–Kier alpha value is -1.97. The van der Waals surface area contributed by atoms with Crippen molar-refractivity contribution in [2.24, 2.45) is 10.5 Å². The number of hydrogen-bond acceptors (Lipinski definition) is 7. The van der Waals surface area contributed by atoms with E-state index in [0.29, 0.717) is 11.9 Å². The molecule has 0 bridgehead atoms. The molecule has 0 aliphatic rings. The summed E-state index contributed by atoms with van der Waals surface area (Å²) in [5.41, 5.74) is 0. The zero-order valence-corrected chi connectivity index (χ0v) is 12.8. The van der Waals surface area contributed by atoms with Gasteiger partial charge in [0.15, 0.2) is 5.78 Å². The van der Waals surface area contributed by atoms with Crippen LogP contribution in [0.15, 0.2) is 4.58 Å². The van der Waals surface area contributed by atoms with Crippen LogP contribution in [0, 0.1) is 10.8 Å². The minimum atomic E-state index is -1.14. The molecule has 1 amide bonds. The summed E-state index contributed by atoms with van der Waals surface area (Å²) in [6.45, 7) is 1.46. The number of amides is 1. The van der Waals surface area contributed by atoms with E-state index in [1.165, 1.54) is 6.92 Å². The maximum absolute atomic E-state index is 11.8. The molecule has 2 atom stereocenters. The molecule has 0 aliphatic carbocycles. The lowest BCUT2D eigenvalue weighted by Gasteiger charge is -2.16. The van der Waals surface area contributed by atoms with Crippen molar-refractivity contribution >= 4 is 35.6 Å². The Morgan fingerprint density at radius 2 is 1.77 bits per heavy atom. The summed E-state index contributed by atoms with van der Waals surface area (Å²) < 4.78 is 2.53. The van der Waals surface area contributed by atoms with Crippen molar-refractivity contribution in [3.63, 3.8) is 0 Å². The van der Waals surface area contributed by atoms with Crippen molar-refractivity contribution in [3.05, 3.63) is 4.91 Å². The maximum Gasteiger partial charge on any atom is 0.306 e. The highest BCUT2D eigenvalue weighted by atomic mass is 32.2. The van der Waals surface area contributed by atoms with E-state index in [9.17, 15) is 24.1 Å². The van der Waals surface area contributed by atoms with Crippen LogP contribution in [0.3, 0.4) is 0 Å². The summed E-state index contributed by atoms with van der Waals surface area (Å²) >= 11 is 0.542. The summed E-state index contributed by atoms with van der Waals surface area (Å²) in [5, 5.41) is 19.6. The smallest absolute Gasteiger partial charge is 0.306 e. The van der Waals surface area contributed by atoms with Crippen LogP contribution in [-0.4, -0.2) is 45.6 Å². The second kappa shape index (κ2) is 10.7. The number of hydrogen-bond donors (Lipinski definition) is 3. The summed E-state index contributed by atoms with van der Waals surface area (Å²) in [7, 11) is 0. The van der Waals surface area contributed by atoms with Crippen molar-refractivity contribution in [2.45, 2.75) is 38.6 Å². The molecule has 0 saturated heterocycles. The first-order chi connectivity index (χ1) is 10.3. The molecule has 22 heavy (non-hydrogen) atoms. The van der Waals surface area contributed by atoms with Gasteiger partial charge in [0, 0.05) is 35.1 Å². The molecular formula is C12H18N2O7S. The quantitative estimate of drug-likeness (QED) is 0.350. The number of rotatable bonds is 12. The van der Waals surface area contributed by atoms with Gasteiger partial charge in [-0.15, -0.1) is 4.91 Å². The second-order valence-electron chi connectivity index (χ2n) is 4.63. The highest BCUT2D eigenvalue weighted by Gasteiger charge is 2.22. The number of nitrogens with zero attached hydrogens (tertiary/aromatic N) is 1. The molecule has 2 unspecified atom stereocenters. The standard InChI is InChI=1S/C12H18N2O7S/c1-7(12(19)20)2-4-10(16)13-8(6-22-14-21)9(15)3-5-11(17)18/h7-8H,2-6H2,1H3,(H,13,16)(H,17,18)(H,19,20). The number of Topliss-reactive ketones (excluding diaryl/α,β-unsaturated/α-hetero) is 1. The van der Waals surface area contributed by atoms with Crippen molar-refractivity contribution in [1.82, 2.24) is 5.32 Å². The van der Waals surface area contributed by atoms with Crippen LogP contribution in [0.5, 0.6) is 0 Å². The minimum Gasteiger partial charge on any atom is -0.481 e. The van der Waals surface area contributed by atoms with Gasteiger partial charge in [-0.25, -0.2) is 0 Å². The predicted molar refractivity (Wildman–Crippen MR) is 78.1 cm³/mol. The van der Waals surface area contributed by atoms with Gasteiger partial charge >= 0.3 is 11.9 Å². The number of nitroso groups, excluding NO2 is 1. The van der Waals surface area contributed by atoms with E-state index in [4.69, 9.17) is 10.2 Å². The van der Waals surface area contributed by atoms with Gasteiger partial charge < -0.3 is 15.5 Å². The Morgan fingerprint density at radius 1 is 1.14 bits per heavy atom. The van der Waals surface area contributed by atoms with Crippen molar-refractivity contribution < 1.29 is 29.4 Å². The number of carbonyl (C=O) groups excluding carboxylic acids is 2. The summed E-state index contributed by atoms with van der Waals surface area (Å²) in [6, 6.07) is -1.02. The average molecular weight is 334 g/mol. The van der Waals surface area contributed by atoms with Gasteiger partial charge in [-0.2, -0.15) is 0 Å². The third kappa shape index (κ3) is 9.06. The molecule has 0 saturated carbocycles. The molecule has 0 rings (SSSR count). The number of carboxylic acid groups (broad SMARTS) is 2. The number of nitrogens with one attached hydrogen (secondary N) is 1. The van der Waals surface area contributed by atoms with Crippen molar-refractivity contribution in [2.75, 3.05) is 5.75 Å². The fourth-order valence-electron chi connectivity index (χ4n) is 1.46. The van der Waals surface area contributed by atoms with Gasteiger partial charge in [0.2, 0.25) is 5.91 Å². The van der Waals surface area contributed by atoms with Crippen LogP contribution in [0.4, 0.5) is 0 Å². The molecule has 0 aromatic heterocycles. The largest absolute Gasteiger partial charge is 0.481 e. The Kier molecular flexibility index (Phi) is 9.75. The van der Waals surface area contributed by atoms with E-state index >= 15 is 0 Å². The zero-order chi connectivity index (χ0) is 17.1. The van der Waals surface area contributed by atoms with E-state index in [2.05, 4.69) is 9.90 Å². The van der Waals surface area contributed by atoms with Gasteiger partial charge in [0.1, 0.15) is 0 Å². The average Bonchev–Trinajstić information content (AvgIpc) is 2.46. The van der Waals surface area contributed by atoms with Gasteiger partial charge in [0.05, 0.1) is 18.4 Å². The molecule has 0 aliphatic heterocycles. The Balaban J connectivity index is 4.46. The van der Waals surface area contributed by atoms with Crippen molar-refractivity contribution in [3.8, 4) is 0 Å². The van der Waals surface area contributed by atoms with Crippen molar-refractivity contribution in [1.29, 1.82) is 0 Å². The van der Waals surface area contributed by atoms with Gasteiger partial charge in [-0.3, -0.25) is 19.2 Å². The lowest BCUT2D eigenvalue weighted by molar-refractivity contribution is -0.141. The molecule has 0 heterocycles. The third-order valence-electron chi connectivity index (χ3n) is 2.83. The van der Waals surface area contributed by atoms with E-state index < -0.39 is 35.6 Å². The molecule has 0 radical (unpaired) electrons. The van der Waals surface area contributed by atoms with E-state index in [1.807, 2.05) is 0 Å². The van der Waals surface area contributed by atoms with E-state index in [1.54, 1.807) is 0 Å². The first-order valence-electron chi connectivity index (χ1n) is 6.49. The van der Waals surface area contributed by atoms with Crippen LogP contribution in [0.1, 0.15) is 32.6 Å². The molecule has 124 valence electrons. The van der Waals surface area contributed by atoms with Crippen LogP contribution < -0.4 is 5.32 Å². The minimum absolute atomic E-state index is 0.0879. The normalized spacial score (nSPS) is 13.0. The lowest BCUT2D eigenvalue weighted by Crippen LogP contribution is -2.42. The fourth-order valence-corrected chi connectivity index (χ4v) is 1.94. The number of aliphatic carboxylic acids is 2. The molecular weight excluding hydrogens is 316 g/mol. The molecule has 10 heteroatoms. The summed E-state index contributed by atoms with van der Waals surface area (Å²) in [5.74, 6) is -4.01. The number of ketones is 1. The fraction of sp³-hybridized carbons (Fsp3) is 0.667. The topological polar surface area (TPSA) is 150 Å². The molecule has 0 spiro atoms. The highest BCUT2D eigenvalue weighted by molar-refractivity contribution is 7.97.